The normalized spacial score (nSPS) is 18.3. The number of hydrogen-bond acceptors (Lipinski definition) is 8. The van der Waals surface area contributed by atoms with E-state index in [1.54, 1.807) is 0 Å². The van der Waals surface area contributed by atoms with Crippen molar-refractivity contribution in [2.75, 3.05) is 25.2 Å². The molecule has 1 saturated heterocycles. The minimum absolute atomic E-state index is 0.101. The second-order valence-electron chi connectivity index (χ2n) is 6.69. The molecule has 4 heterocycles. The summed E-state index contributed by atoms with van der Waals surface area (Å²) in [6, 6.07) is 5.91. The largest absolute Gasteiger partial charge is 0.454 e. The van der Waals surface area contributed by atoms with Gasteiger partial charge >= 0.3 is 0 Å². The van der Waals surface area contributed by atoms with Gasteiger partial charge in [0.25, 0.3) is 5.91 Å². The number of carbonyl (C=O) groups excluding carboxylic acids is 1. The van der Waals surface area contributed by atoms with E-state index in [0.29, 0.717) is 24.5 Å². The van der Waals surface area contributed by atoms with E-state index in [4.69, 9.17) is 9.47 Å². The smallest absolute Gasteiger partial charge is 0.259 e. The Bertz CT molecular complexity index is 986. The third kappa shape index (κ3) is 3.00. The van der Waals surface area contributed by atoms with E-state index in [0.717, 1.165) is 30.0 Å². The number of likely N-dealkylation sites (tertiary alicyclic amines) is 1. The van der Waals surface area contributed by atoms with Crippen LogP contribution in [0.5, 0.6) is 11.5 Å². The van der Waals surface area contributed by atoms with Crippen molar-refractivity contribution in [1.29, 1.82) is 0 Å². The van der Waals surface area contributed by atoms with Crippen LogP contribution in [0.2, 0.25) is 0 Å². The molecule has 2 aromatic heterocycles. The molecule has 0 saturated carbocycles. The van der Waals surface area contributed by atoms with E-state index in [-0.39, 0.29) is 18.7 Å². The molecule has 1 fully saturated rings. The zero-order valence-electron chi connectivity index (χ0n) is 14.9. The Balaban J connectivity index is 1.29. The van der Waals surface area contributed by atoms with Crippen molar-refractivity contribution in [2.45, 2.75) is 18.9 Å². The highest BCUT2D eigenvalue weighted by molar-refractivity contribution is 5.97. The molecule has 0 aliphatic carbocycles. The molecule has 0 spiro atoms. The lowest BCUT2D eigenvalue weighted by Crippen LogP contribution is -2.45. The molecular formula is C17H18N8O3. The SMILES string of the molecule is O=C(c1cn[nH]c1-n1cnnn1)N1CCCC(Nc2ccc3c(c2)OCO3)C1. The van der Waals surface area contributed by atoms with Crippen molar-refractivity contribution < 1.29 is 14.3 Å². The first-order valence-electron chi connectivity index (χ1n) is 9.00. The Hall–Kier alpha value is -3.63. The summed E-state index contributed by atoms with van der Waals surface area (Å²) < 4.78 is 12.2. The van der Waals surface area contributed by atoms with Crippen molar-refractivity contribution in [3.63, 3.8) is 0 Å². The highest BCUT2D eigenvalue weighted by Crippen LogP contribution is 2.34. The van der Waals surface area contributed by atoms with Crippen LogP contribution in [0.3, 0.4) is 0 Å². The highest BCUT2D eigenvalue weighted by Gasteiger charge is 2.28. The number of nitrogens with zero attached hydrogens (tertiary/aromatic N) is 6. The van der Waals surface area contributed by atoms with Gasteiger partial charge in [0.05, 0.1) is 6.20 Å². The number of nitrogens with one attached hydrogen (secondary N) is 2. The van der Waals surface area contributed by atoms with Crippen molar-refractivity contribution >= 4 is 11.6 Å². The van der Waals surface area contributed by atoms with Gasteiger partial charge in [0.1, 0.15) is 11.9 Å². The highest BCUT2D eigenvalue weighted by atomic mass is 16.7. The van der Waals surface area contributed by atoms with Gasteiger partial charge in [-0.05, 0) is 35.4 Å². The van der Waals surface area contributed by atoms with Crippen LogP contribution in [0, 0.1) is 0 Å². The molecule has 5 rings (SSSR count). The summed E-state index contributed by atoms with van der Waals surface area (Å²) in [6.45, 7) is 1.53. The van der Waals surface area contributed by atoms with E-state index in [1.807, 2.05) is 23.1 Å². The van der Waals surface area contributed by atoms with Gasteiger partial charge < -0.3 is 19.7 Å². The lowest BCUT2D eigenvalue weighted by Gasteiger charge is -2.33. The number of carbonyl (C=O) groups is 1. The molecule has 144 valence electrons. The molecule has 1 amide bonds. The number of anilines is 1. The van der Waals surface area contributed by atoms with Crippen LogP contribution in [-0.4, -0.2) is 67.1 Å². The summed E-state index contributed by atoms with van der Waals surface area (Å²) in [6.07, 6.45) is 4.81. The molecule has 0 bridgehead atoms. The Morgan fingerprint density at radius 2 is 2.21 bits per heavy atom. The van der Waals surface area contributed by atoms with E-state index in [2.05, 4.69) is 31.0 Å². The monoisotopic (exact) mass is 382 g/mol. The first-order valence-corrected chi connectivity index (χ1v) is 9.00. The summed E-state index contributed by atoms with van der Waals surface area (Å²) in [5.41, 5.74) is 1.39. The Labute approximate surface area is 159 Å². The molecular weight excluding hydrogens is 364 g/mol. The number of aromatic nitrogens is 6. The topological polar surface area (TPSA) is 123 Å². The van der Waals surface area contributed by atoms with Crippen LogP contribution in [0.1, 0.15) is 23.2 Å². The lowest BCUT2D eigenvalue weighted by molar-refractivity contribution is 0.0714. The third-order valence-corrected chi connectivity index (χ3v) is 4.88. The van der Waals surface area contributed by atoms with E-state index < -0.39 is 0 Å². The zero-order valence-corrected chi connectivity index (χ0v) is 14.9. The average Bonchev–Trinajstić information content (AvgIpc) is 3.47. The minimum Gasteiger partial charge on any atom is -0.454 e. The Morgan fingerprint density at radius 3 is 3.11 bits per heavy atom. The van der Waals surface area contributed by atoms with Crippen LogP contribution in [0.4, 0.5) is 5.69 Å². The number of amides is 1. The second kappa shape index (κ2) is 6.83. The molecule has 1 atom stereocenters. The first kappa shape index (κ1) is 16.5. The molecule has 3 aromatic rings. The predicted octanol–water partition coefficient (Wildman–Crippen LogP) is 0.831. The summed E-state index contributed by atoms with van der Waals surface area (Å²) >= 11 is 0. The number of tetrazole rings is 1. The van der Waals surface area contributed by atoms with Crippen LogP contribution >= 0.6 is 0 Å². The molecule has 2 aliphatic rings. The average molecular weight is 382 g/mol. The number of hydrogen-bond donors (Lipinski definition) is 2. The van der Waals surface area contributed by atoms with Crippen LogP contribution in [0.15, 0.2) is 30.7 Å². The molecule has 0 radical (unpaired) electrons. The molecule has 11 heteroatoms. The third-order valence-electron chi connectivity index (χ3n) is 4.88. The van der Waals surface area contributed by atoms with Gasteiger partial charge in [-0.15, -0.1) is 5.10 Å². The van der Waals surface area contributed by atoms with Crippen molar-refractivity contribution in [3.05, 3.63) is 36.3 Å². The van der Waals surface area contributed by atoms with Gasteiger partial charge in [0.15, 0.2) is 17.3 Å². The maximum absolute atomic E-state index is 13.0. The zero-order chi connectivity index (χ0) is 18.9. The maximum Gasteiger partial charge on any atom is 0.259 e. The van der Waals surface area contributed by atoms with Gasteiger partial charge in [-0.1, -0.05) is 0 Å². The number of aromatic amines is 1. The van der Waals surface area contributed by atoms with E-state index in [9.17, 15) is 4.79 Å². The summed E-state index contributed by atoms with van der Waals surface area (Å²) in [5.74, 6) is 1.84. The summed E-state index contributed by atoms with van der Waals surface area (Å²) in [5, 5.41) is 21.3. The molecule has 11 nitrogen and oxygen atoms in total. The van der Waals surface area contributed by atoms with Crippen molar-refractivity contribution in [2.24, 2.45) is 0 Å². The number of ether oxygens (including phenoxy) is 2. The fourth-order valence-corrected chi connectivity index (χ4v) is 3.55. The number of piperidine rings is 1. The van der Waals surface area contributed by atoms with Gasteiger partial charge in [0, 0.05) is 30.9 Å². The molecule has 2 aliphatic heterocycles. The van der Waals surface area contributed by atoms with Gasteiger partial charge in [-0.3, -0.25) is 9.89 Å². The number of benzene rings is 1. The molecule has 2 N–H and O–H groups in total. The fraction of sp³-hybridized carbons (Fsp3) is 0.353. The Kier molecular flexibility index (Phi) is 4.04. The summed E-state index contributed by atoms with van der Waals surface area (Å²) in [4.78, 5) is 14.9. The summed E-state index contributed by atoms with van der Waals surface area (Å²) in [7, 11) is 0. The van der Waals surface area contributed by atoms with Crippen molar-refractivity contribution in [1.82, 2.24) is 35.3 Å². The number of fused-ring (bicyclic) bond motifs is 1. The fourth-order valence-electron chi connectivity index (χ4n) is 3.55. The molecule has 28 heavy (non-hydrogen) atoms. The Morgan fingerprint density at radius 1 is 1.29 bits per heavy atom. The maximum atomic E-state index is 13.0. The lowest BCUT2D eigenvalue weighted by atomic mass is 10.0. The molecule has 1 unspecified atom stereocenters. The standard InChI is InChI=1S/C17H18N8O3/c26-17(13-7-18-21-16(13)25-9-19-22-23-25)24-5-1-2-12(8-24)20-11-3-4-14-15(6-11)28-10-27-14/h3-4,6-7,9,12,20H,1-2,5,8,10H2,(H,18,21). The van der Waals surface area contributed by atoms with Gasteiger partial charge in [-0.25, -0.2) is 0 Å². The first-order chi connectivity index (χ1) is 13.8. The second-order valence-corrected chi connectivity index (χ2v) is 6.69. The van der Waals surface area contributed by atoms with Gasteiger partial charge in [0.2, 0.25) is 6.79 Å². The van der Waals surface area contributed by atoms with E-state index in [1.165, 1.54) is 17.2 Å². The quantitative estimate of drug-likeness (QED) is 0.680. The van der Waals surface area contributed by atoms with Gasteiger partial charge in [-0.2, -0.15) is 9.78 Å². The predicted molar refractivity (Wildman–Crippen MR) is 96.4 cm³/mol. The minimum atomic E-state index is -0.101. The number of rotatable bonds is 4. The van der Waals surface area contributed by atoms with E-state index >= 15 is 0 Å². The van der Waals surface area contributed by atoms with Crippen LogP contribution < -0.4 is 14.8 Å². The molecule has 1 aromatic carbocycles. The van der Waals surface area contributed by atoms with Crippen molar-refractivity contribution in [3.8, 4) is 17.3 Å². The number of H-pyrrole nitrogens is 1. The van der Waals surface area contributed by atoms with Crippen LogP contribution in [-0.2, 0) is 0 Å². The van der Waals surface area contributed by atoms with Crippen LogP contribution in [0.25, 0.3) is 5.82 Å².